The quantitative estimate of drug-likeness (QED) is 0.886. The van der Waals surface area contributed by atoms with E-state index >= 15 is 0 Å². The monoisotopic (exact) mass is 319 g/mol. The predicted molar refractivity (Wildman–Crippen MR) is 70.8 cm³/mol. The van der Waals surface area contributed by atoms with Crippen molar-refractivity contribution in [2.75, 3.05) is 6.54 Å². The Morgan fingerprint density at radius 1 is 1.25 bits per heavy atom. The van der Waals surface area contributed by atoms with Crippen molar-refractivity contribution in [1.29, 1.82) is 0 Å². The van der Waals surface area contributed by atoms with Gasteiger partial charge in [-0.25, -0.2) is 21.9 Å². The number of hydrogen-bond donors (Lipinski definition) is 2. The molecule has 1 unspecified atom stereocenters. The third kappa shape index (κ3) is 3.40. The van der Waals surface area contributed by atoms with E-state index < -0.39 is 32.7 Å². The first-order chi connectivity index (χ1) is 9.40. The molecule has 4 nitrogen and oxygen atoms in total. The van der Waals surface area contributed by atoms with Gasteiger partial charge in [0, 0.05) is 11.4 Å². The molecule has 0 bridgehead atoms. The highest BCUT2D eigenvalue weighted by atomic mass is 32.2. The Bertz CT molecular complexity index is 687. The fourth-order valence-corrected chi connectivity index (χ4v) is 3.26. The number of nitrogens with one attached hydrogen (secondary N) is 1. The maximum Gasteiger partial charge on any atom is 0.240 e. The van der Waals surface area contributed by atoms with Gasteiger partial charge in [-0.3, -0.25) is 0 Å². The summed E-state index contributed by atoms with van der Waals surface area (Å²) in [6, 6.07) is 5.68. The maximum absolute atomic E-state index is 13.0. The molecule has 0 saturated heterocycles. The van der Waals surface area contributed by atoms with Crippen LogP contribution in [-0.4, -0.2) is 20.1 Å². The molecule has 0 spiro atoms. The van der Waals surface area contributed by atoms with Crippen LogP contribution in [0.2, 0.25) is 0 Å². The molecule has 0 aliphatic heterocycles. The van der Waals surface area contributed by atoms with Gasteiger partial charge in [-0.1, -0.05) is 6.07 Å². The van der Waals surface area contributed by atoms with E-state index in [-0.39, 0.29) is 6.54 Å². The Morgan fingerprint density at radius 2 is 2.00 bits per heavy atom. The highest BCUT2D eigenvalue weighted by Gasteiger charge is 2.18. The first-order valence-electron chi connectivity index (χ1n) is 5.56. The molecule has 8 heteroatoms. The molecule has 108 valence electrons. The summed E-state index contributed by atoms with van der Waals surface area (Å²) in [7, 11) is -4.00. The largest absolute Gasteiger partial charge is 0.386 e. The van der Waals surface area contributed by atoms with Crippen LogP contribution < -0.4 is 4.72 Å². The van der Waals surface area contributed by atoms with Gasteiger partial charge in [0.05, 0.1) is 4.90 Å². The van der Waals surface area contributed by atoms with Gasteiger partial charge in [0.25, 0.3) is 0 Å². The minimum atomic E-state index is -4.00. The molecule has 0 radical (unpaired) electrons. The third-order valence-electron chi connectivity index (χ3n) is 2.54. The summed E-state index contributed by atoms with van der Waals surface area (Å²) >= 11 is 1.29. The van der Waals surface area contributed by atoms with Crippen molar-refractivity contribution < 1.29 is 22.3 Å². The van der Waals surface area contributed by atoms with Crippen LogP contribution in [0.15, 0.2) is 40.6 Å². The first kappa shape index (κ1) is 15.0. The van der Waals surface area contributed by atoms with E-state index in [0.717, 1.165) is 12.1 Å². The zero-order chi connectivity index (χ0) is 14.8. The van der Waals surface area contributed by atoms with Crippen LogP contribution in [-0.2, 0) is 10.0 Å². The zero-order valence-corrected chi connectivity index (χ0v) is 11.7. The van der Waals surface area contributed by atoms with Gasteiger partial charge in [-0.15, -0.1) is 11.3 Å². The van der Waals surface area contributed by atoms with E-state index in [1.807, 2.05) is 0 Å². The van der Waals surface area contributed by atoms with Crippen LogP contribution >= 0.6 is 11.3 Å². The Kier molecular flexibility index (Phi) is 4.48. The molecule has 20 heavy (non-hydrogen) atoms. The normalized spacial score (nSPS) is 13.3. The highest BCUT2D eigenvalue weighted by Crippen LogP contribution is 2.19. The molecule has 0 aliphatic carbocycles. The van der Waals surface area contributed by atoms with Gasteiger partial charge in [-0.05, 0) is 29.6 Å². The average molecular weight is 319 g/mol. The topological polar surface area (TPSA) is 66.4 Å². The Morgan fingerprint density at radius 3 is 2.60 bits per heavy atom. The van der Waals surface area contributed by atoms with Gasteiger partial charge in [-0.2, -0.15) is 0 Å². The average Bonchev–Trinajstić information content (AvgIpc) is 2.93. The van der Waals surface area contributed by atoms with E-state index in [9.17, 15) is 22.3 Å². The van der Waals surface area contributed by atoms with Gasteiger partial charge in [0.1, 0.15) is 6.10 Å². The van der Waals surface area contributed by atoms with Gasteiger partial charge in [0.2, 0.25) is 10.0 Å². The first-order valence-corrected chi connectivity index (χ1v) is 7.92. The molecule has 0 amide bonds. The SMILES string of the molecule is O=S(=O)(NCC(O)c1cccs1)c1ccc(F)c(F)c1. The number of hydrogen-bond acceptors (Lipinski definition) is 4. The fourth-order valence-electron chi connectivity index (χ4n) is 1.50. The minimum Gasteiger partial charge on any atom is -0.386 e. The van der Waals surface area contributed by atoms with Crippen molar-refractivity contribution in [3.63, 3.8) is 0 Å². The van der Waals surface area contributed by atoms with Gasteiger partial charge < -0.3 is 5.11 Å². The van der Waals surface area contributed by atoms with Crippen LogP contribution in [0, 0.1) is 11.6 Å². The predicted octanol–water partition coefficient (Wildman–Crippen LogP) is 2.04. The molecule has 1 heterocycles. The summed E-state index contributed by atoms with van der Waals surface area (Å²) in [6.45, 7) is -0.248. The summed E-state index contributed by atoms with van der Waals surface area (Å²) in [5.41, 5.74) is 0. The van der Waals surface area contributed by atoms with Crippen LogP contribution in [0.3, 0.4) is 0 Å². The zero-order valence-electron chi connectivity index (χ0n) is 10.1. The summed E-state index contributed by atoms with van der Waals surface area (Å²) in [6.07, 6.45) is -0.991. The molecular weight excluding hydrogens is 308 g/mol. The molecule has 0 aliphatic rings. The molecule has 0 fully saturated rings. The lowest BCUT2D eigenvalue weighted by molar-refractivity contribution is 0.186. The lowest BCUT2D eigenvalue weighted by Gasteiger charge is -2.11. The molecule has 1 atom stereocenters. The lowest BCUT2D eigenvalue weighted by atomic mass is 10.3. The number of thiophene rings is 1. The van der Waals surface area contributed by atoms with Crippen molar-refractivity contribution in [3.05, 3.63) is 52.2 Å². The summed E-state index contributed by atoms with van der Waals surface area (Å²) < 4.78 is 51.6. The Hall–Kier alpha value is -1.35. The summed E-state index contributed by atoms with van der Waals surface area (Å²) in [4.78, 5) is 0.216. The van der Waals surface area contributed by atoms with E-state index in [1.165, 1.54) is 11.3 Å². The van der Waals surface area contributed by atoms with Gasteiger partial charge in [0.15, 0.2) is 11.6 Å². The van der Waals surface area contributed by atoms with E-state index in [2.05, 4.69) is 4.72 Å². The van der Waals surface area contributed by atoms with E-state index in [0.29, 0.717) is 10.9 Å². The molecule has 2 N–H and O–H groups in total. The smallest absolute Gasteiger partial charge is 0.240 e. The number of rotatable bonds is 5. The summed E-state index contributed by atoms with van der Waals surface area (Å²) in [5, 5.41) is 11.5. The van der Waals surface area contributed by atoms with Gasteiger partial charge >= 0.3 is 0 Å². The molecule has 0 saturated carbocycles. The van der Waals surface area contributed by atoms with Crippen LogP contribution in [0.5, 0.6) is 0 Å². The maximum atomic E-state index is 13.0. The molecule has 1 aromatic heterocycles. The van der Waals surface area contributed by atoms with Crippen molar-refractivity contribution in [2.45, 2.75) is 11.0 Å². The van der Waals surface area contributed by atoms with Crippen LogP contribution in [0.1, 0.15) is 11.0 Å². The fraction of sp³-hybridized carbons (Fsp3) is 0.167. The van der Waals surface area contributed by atoms with Crippen LogP contribution in [0.25, 0.3) is 0 Å². The second kappa shape index (κ2) is 5.96. The molecule has 1 aromatic carbocycles. The number of sulfonamides is 1. The second-order valence-electron chi connectivity index (χ2n) is 3.96. The summed E-state index contributed by atoms with van der Waals surface area (Å²) in [5.74, 6) is -2.37. The van der Waals surface area contributed by atoms with Crippen molar-refractivity contribution >= 4 is 21.4 Å². The van der Waals surface area contributed by atoms with E-state index in [1.54, 1.807) is 17.5 Å². The van der Waals surface area contributed by atoms with E-state index in [4.69, 9.17) is 0 Å². The Labute approximate surface area is 118 Å². The molecule has 2 rings (SSSR count). The second-order valence-corrected chi connectivity index (χ2v) is 6.71. The van der Waals surface area contributed by atoms with Crippen molar-refractivity contribution in [1.82, 2.24) is 4.72 Å². The number of benzene rings is 1. The van der Waals surface area contributed by atoms with Crippen molar-refractivity contribution in [2.24, 2.45) is 0 Å². The third-order valence-corrected chi connectivity index (χ3v) is 4.93. The minimum absolute atomic E-state index is 0.248. The highest BCUT2D eigenvalue weighted by molar-refractivity contribution is 7.89. The number of halogens is 2. The van der Waals surface area contributed by atoms with Crippen molar-refractivity contribution in [3.8, 4) is 0 Å². The van der Waals surface area contributed by atoms with Crippen LogP contribution in [0.4, 0.5) is 8.78 Å². The Balaban J connectivity index is 2.09. The molecule has 2 aromatic rings. The molecular formula is C12H11F2NO3S2. The standard InChI is InChI=1S/C12H11F2NO3S2/c13-9-4-3-8(6-10(9)14)20(17,18)15-7-11(16)12-2-1-5-19-12/h1-6,11,15-16H,7H2. The lowest BCUT2D eigenvalue weighted by Crippen LogP contribution is -2.28. The number of aliphatic hydroxyl groups is 1. The number of aliphatic hydroxyl groups excluding tert-OH is 1.